The Kier molecular flexibility index (Phi) is 4.25. The van der Waals surface area contributed by atoms with Gasteiger partial charge in [0.05, 0.1) is 11.5 Å². The summed E-state index contributed by atoms with van der Waals surface area (Å²) in [7, 11) is 0. The first-order chi connectivity index (χ1) is 11.2. The van der Waals surface area contributed by atoms with Gasteiger partial charge < -0.3 is 14.8 Å². The molecule has 23 heavy (non-hydrogen) atoms. The standard InChI is InChI=1S/C17H16N2O4/c20-11-12-5-6-16(19(21)22)15(9-12)18-8-7-14-10-13-3-1-2-4-17(13)23-14/h1-6,9-10,18,20H,7-8,11H2. The predicted molar refractivity (Wildman–Crippen MR) is 87.4 cm³/mol. The number of fused-ring (bicyclic) bond motifs is 1. The summed E-state index contributed by atoms with van der Waals surface area (Å²) in [5.74, 6) is 0.819. The van der Waals surface area contributed by atoms with E-state index in [1.165, 1.54) is 6.07 Å². The van der Waals surface area contributed by atoms with Crippen LogP contribution in [-0.4, -0.2) is 16.6 Å². The van der Waals surface area contributed by atoms with E-state index in [4.69, 9.17) is 9.52 Å². The first-order valence-corrected chi connectivity index (χ1v) is 7.27. The summed E-state index contributed by atoms with van der Waals surface area (Å²) < 4.78 is 5.71. The van der Waals surface area contributed by atoms with E-state index in [1.54, 1.807) is 12.1 Å². The maximum atomic E-state index is 11.1. The number of para-hydroxylation sites is 1. The monoisotopic (exact) mass is 312 g/mol. The number of nitrogens with zero attached hydrogens (tertiary/aromatic N) is 1. The highest BCUT2D eigenvalue weighted by Crippen LogP contribution is 2.26. The molecular formula is C17H16N2O4. The number of rotatable bonds is 6. The summed E-state index contributed by atoms with van der Waals surface area (Å²) in [6.07, 6.45) is 0.606. The quantitative estimate of drug-likeness (QED) is 0.537. The molecule has 0 aliphatic carbocycles. The summed E-state index contributed by atoms with van der Waals surface area (Å²) >= 11 is 0. The van der Waals surface area contributed by atoms with Crippen molar-refractivity contribution in [1.29, 1.82) is 0 Å². The maximum Gasteiger partial charge on any atom is 0.292 e. The summed E-state index contributed by atoms with van der Waals surface area (Å²) in [6, 6.07) is 14.2. The number of aliphatic hydroxyl groups excluding tert-OH is 1. The Morgan fingerprint density at radius 2 is 2.00 bits per heavy atom. The van der Waals surface area contributed by atoms with Crippen molar-refractivity contribution >= 4 is 22.3 Å². The van der Waals surface area contributed by atoms with Crippen LogP contribution in [0.3, 0.4) is 0 Å². The van der Waals surface area contributed by atoms with Crippen LogP contribution in [0.2, 0.25) is 0 Å². The molecule has 0 aliphatic rings. The van der Waals surface area contributed by atoms with E-state index >= 15 is 0 Å². The normalized spacial score (nSPS) is 10.8. The van der Waals surface area contributed by atoms with Crippen molar-refractivity contribution in [3.05, 3.63) is 70.0 Å². The Bertz CT molecular complexity index is 808. The van der Waals surface area contributed by atoms with Crippen molar-refractivity contribution in [1.82, 2.24) is 0 Å². The van der Waals surface area contributed by atoms with Gasteiger partial charge >= 0.3 is 0 Å². The van der Waals surface area contributed by atoms with E-state index < -0.39 is 4.92 Å². The molecule has 0 unspecified atom stereocenters. The number of aliphatic hydroxyl groups is 1. The molecule has 6 heteroatoms. The molecule has 2 aromatic carbocycles. The van der Waals surface area contributed by atoms with Gasteiger partial charge in [-0.15, -0.1) is 0 Å². The molecule has 0 atom stereocenters. The molecule has 0 fully saturated rings. The van der Waals surface area contributed by atoms with E-state index in [-0.39, 0.29) is 12.3 Å². The fourth-order valence-corrected chi connectivity index (χ4v) is 2.46. The van der Waals surface area contributed by atoms with Gasteiger partial charge in [-0.3, -0.25) is 10.1 Å². The fourth-order valence-electron chi connectivity index (χ4n) is 2.46. The summed E-state index contributed by atoms with van der Waals surface area (Å²) in [4.78, 5) is 10.6. The first-order valence-electron chi connectivity index (χ1n) is 7.27. The van der Waals surface area contributed by atoms with Crippen LogP contribution in [0.15, 0.2) is 52.9 Å². The van der Waals surface area contributed by atoms with Crippen molar-refractivity contribution in [3.8, 4) is 0 Å². The number of hydrogen-bond donors (Lipinski definition) is 2. The zero-order chi connectivity index (χ0) is 16.2. The molecule has 3 rings (SSSR count). The number of anilines is 1. The van der Waals surface area contributed by atoms with Crippen LogP contribution in [0.1, 0.15) is 11.3 Å². The molecule has 118 valence electrons. The van der Waals surface area contributed by atoms with Crippen LogP contribution in [0.4, 0.5) is 11.4 Å². The van der Waals surface area contributed by atoms with Gasteiger partial charge in [-0.05, 0) is 29.8 Å². The summed E-state index contributed by atoms with van der Waals surface area (Å²) in [5.41, 5.74) is 1.85. The Balaban J connectivity index is 1.71. The number of benzene rings is 2. The minimum absolute atomic E-state index is 0.00759. The smallest absolute Gasteiger partial charge is 0.292 e. The number of furan rings is 1. The molecule has 3 aromatic rings. The van der Waals surface area contributed by atoms with Crippen LogP contribution in [0, 0.1) is 10.1 Å². The first kappa shape index (κ1) is 15.1. The molecule has 0 bridgehead atoms. The zero-order valence-corrected chi connectivity index (χ0v) is 12.4. The Morgan fingerprint density at radius 3 is 2.74 bits per heavy atom. The van der Waals surface area contributed by atoms with E-state index in [1.807, 2.05) is 30.3 Å². The Hall–Kier alpha value is -2.86. The van der Waals surface area contributed by atoms with Crippen molar-refractivity contribution in [2.45, 2.75) is 13.0 Å². The number of hydrogen-bond acceptors (Lipinski definition) is 5. The third-order valence-corrected chi connectivity index (χ3v) is 3.60. The Labute approximate surface area is 132 Å². The van der Waals surface area contributed by atoms with E-state index in [0.717, 1.165) is 16.7 Å². The van der Waals surface area contributed by atoms with Crippen molar-refractivity contribution in [3.63, 3.8) is 0 Å². The van der Waals surface area contributed by atoms with Crippen molar-refractivity contribution in [2.75, 3.05) is 11.9 Å². The SMILES string of the molecule is O=[N+]([O-])c1ccc(CO)cc1NCCc1cc2ccccc2o1. The molecule has 0 saturated carbocycles. The second-order valence-corrected chi connectivity index (χ2v) is 5.19. The van der Waals surface area contributed by atoms with Crippen LogP contribution in [0.25, 0.3) is 11.0 Å². The van der Waals surface area contributed by atoms with E-state index in [2.05, 4.69) is 5.32 Å². The highest BCUT2D eigenvalue weighted by Gasteiger charge is 2.14. The Morgan fingerprint density at radius 1 is 1.17 bits per heavy atom. The number of nitro groups is 1. The van der Waals surface area contributed by atoms with Gasteiger partial charge in [-0.1, -0.05) is 18.2 Å². The van der Waals surface area contributed by atoms with Gasteiger partial charge in [-0.2, -0.15) is 0 Å². The third kappa shape index (κ3) is 3.32. The average Bonchev–Trinajstić information content (AvgIpc) is 2.97. The van der Waals surface area contributed by atoms with Crippen molar-refractivity contribution < 1.29 is 14.4 Å². The van der Waals surface area contributed by atoms with Crippen LogP contribution in [0.5, 0.6) is 0 Å². The fraction of sp³-hybridized carbons (Fsp3) is 0.176. The lowest BCUT2D eigenvalue weighted by Crippen LogP contribution is -2.07. The topological polar surface area (TPSA) is 88.5 Å². The highest BCUT2D eigenvalue weighted by atomic mass is 16.6. The van der Waals surface area contributed by atoms with Gasteiger partial charge in [0.25, 0.3) is 5.69 Å². The second kappa shape index (κ2) is 6.50. The van der Waals surface area contributed by atoms with Gasteiger partial charge in [0, 0.05) is 24.4 Å². The molecule has 1 aromatic heterocycles. The van der Waals surface area contributed by atoms with E-state index in [9.17, 15) is 10.1 Å². The zero-order valence-electron chi connectivity index (χ0n) is 12.4. The number of nitrogens with one attached hydrogen (secondary N) is 1. The highest BCUT2D eigenvalue weighted by molar-refractivity contribution is 5.77. The average molecular weight is 312 g/mol. The summed E-state index contributed by atoms with van der Waals surface area (Å²) in [5, 5.41) is 24.3. The van der Waals surface area contributed by atoms with E-state index in [0.29, 0.717) is 24.2 Å². The molecule has 0 saturated heterocycles. The minimum Gasteiger partial charge on any atom is -0.461 e. The van der Waals surface area contributed by atoms with Gasteiger partial charge in [0.2, 0.25) is 0 Å². The number of nitro benzene ring substituents is 1. The minimum atomic E-state index is -0.440. The molecule has 0 amide bonds. The van der Waals surface area contributed by atoms with Crippen LogP contribution < -0.4 is 5.32 Å². The van der Waals surface area contributed by atoms with Gasteiger partial charge in [0.15, 0.2) is 0 Å². The predicted octanol–water partition coefficient (Wildman–Crippen LogP) is 3.49. The molecular weight excluding hydrogens is 296 g/mol. The largest absolute Gasteiger partial charge is 0.461 e. The molecule has 0 aliphatic heterocycles. The second-order valence-electron chi connectivity index (χ2n) is 5.19. The molecule has 0 radical (unpaired) electrons. The van der Waals surface area contributed by atoms with Crippen LogP contribution in [-0.2, 0) is 13.0 Å². The lowest BCUT2D eigenvalue weighted by molar-refractivity contribution is -0.384. The molecule has 1 heterocycles. The summed E-state index contributed by atoms with van der Waals surface area (Å²) in [6.45, 7) is 0.339. The third-order valence-electron chi connectivity index (χ3n) is 3.60. The lowest BCUT2D eigenvalue weighted by atomic mass is 10.1. The van der Waals surface area contributed by atoms with Crippen LogP contribution >= 0.6 is 0 Å². The molecule has 6 nitrogen and oxygen atoms in total. The van der Waals surface area contributed by atoms with Gasteiger partial charge in [-0.25, -0.2) is 0 Å². The maximum absolute atomic E-state index is 11.1. The lowest BCUT2D eigenvalue weighted by Gasteiger charge is -2.07. The molecule has 0 spiro atoms. The van der Waals surface area contributed by atoms with Crippen molar-refractivity contribution in [2.24, 2.45) is 0 Å². The van der Waals surface area contributed by atoms with Gasteiger partial charge in [0.1, 0.15) is 17.0 Å². The molecule has 2 N–H and O–H groups in total.